The number of carbonyl (C=O) groups is 2. The minimum atomic E-state index is -0.163. The molecule has 0 saturated carbocycles. The van der Waals surface area contributed by atoms with Gasteiger partial charge in [0.2, 0.25) is 11.8 Å². The molecule has 0 heterocycles. The molecular formula is C26H52N2O2. The second-order valence-corrected chi connectivity index (χ2v) is 8.98. The lowest BCUT2D eigenvalue weighted by Gasteiger charge is -2.06. The molecule has 0 unspecified atom stereocenters. The second-order valence-electron chi connectivity index (χ2n) is 8.98. The Hall–Kier alpha value is -1.06. The Kier molecular flexibility index (Phi) is 23.4. The van der Waals surface area contributed by atoms with E-state index in [1.165, 1.54) is 129 Å². The highest BCUT2D eigenvalue weighted by Gasteiger charge is 2.00. The van der Waals surface area contributed by atoms with Crippen LogP contribution in [0.25, 0.3) is 0 Å². The van der Waals surface area contributed by atoms with Gasteiger partial charge in [0.05, 0.1) is 6.54 Å². The van der Waals surface area contributed by atoms with E-state index >= 15 is 0 Å². The molecule has 0 aromatic heterocycles. The molecule has 0 aromatic rings. The molecule has 0 spiro atoms. The Morgan fingerprint density at radius 1 is 0.500 bits per heavy atom. The second kappa shape index (κ2) is 24.2. The predicted molar refractivity (Wildman–Crippen MR) is 130 cm³/mol. The third-order valence-electron chi connectivity index (χ3n) is 5.85. The highest BCUT2D eigenvalue weighted by Crippen LogP contribution is 2.14. The van der Waals surface area contributed by atoms with Crippen molar-refractivity contribution >= 4 is 11.8 Å². The first kappa shape index (κ1) is 28.9. The van der Waals surface area contributed by atoms with Crippen LogP contribution in [0, 0.1) is 0 Å². The lowest BCUT2D eigenvalue weighted by atomic mass is 10.0. The maximum Gasteiger partial charge on any atom is 0.239 e. The fourth-order valence-electron chi connectivity index (χ4n) is 3.88. The van der Waals surface area contributed by atoms with E-state index in [0.29, 0.717) is 0 Å². The van der Waals surface area contributed by atoms with Gasteiger partial charge >= 0.3 is 0 Å². The lowest BCUT2D eigenvalue weighted by molar-refractivity contribution is -0.125. The van der Waals surface area contributed by atoms with E-state index in [1.807, 2.05) is 0 Å². The van der Waals surface area contributed by atoms with Gasteiger partial charge in [-0.1, -0.05) is 129 Å². The van der Waals surface area contributed by atoms with Gasteiger partial charge in [-0.2, -0.15) is 0 Å². The molecule has 178 valence electrons. The van der Waals surface area contributed by atoms with Gasteiger partial charge in [-0.25, -0.2) is 0 Å². The van der Waals surface area contributed by atoms with E-state index < -0.39 is 0 Å². The van der Waals surface area contributed by atoms with Gasteiger partial charge in [0.25, 0.3) is 0 Å². The Morgan fingerprint density at radius 2 is 0.833 bits per heavy atom. The highest BCUT2D eigenvalue weighted by molar-refractivity contribution is 5.83. The van der Waals surface area contributed by atoms with Crippen LogP contribution in [-0.2, 0) is 9.59 Å². The van der Waals surface area contributed by atoms with Crippen molar-refractivity contribution in [1.82, 2.24) is 10.6 Å². The van der Waals surface area contributed by atoms with Gasteiger partial charge in [-0.15, -0.1) is 0 Å². The average molecular weight is 425 g/mol. The molecule has 0 fully saturated rings. The van der Waals surface area contributed by atoms with Gasteiger partial charge in [0.1, 0.15) is 0 Å². The van der Waals surface area contributed by atoms with Gasteiger partial charge in [-0.05, 0) is 6.42 Å². The standard InChI is InChI=1S/C26H52N2O2/c1-3-4-5-6-7-8-9-10-11-12-13-14-15-16-17-18-19-20-21-22-23-27-26(30)24-28-25(2)29/h3-24H2,1-2H3,(H,27,30)(H,28,29). The summed E-state index contributed by atoms with van der Waals surface area (Å²) in [5, 5.41) is 5.35. The van der Waals surface area contributed by atoms with E-state index in [0.717, 1.165) is 13.0 Å². The molecule has 0 aliphatic heterocycles. The number of carbonyl (C=O) groups excluding carboxylic acids is 2. The van der Waals surface area contributed by atoms with Gasteiger partial charge in [0, 0.05) is 13.5 Å². The lowest BCUT2D eigenvalue weighted by Crippen LogP contribution is -2.36. The molecule has 0 aromatic carbocycles. The smallest absolute Gasteiger partial charge is 0.239 e. The third kappa shape index (κ3) is 25.0. The van der Waals surface area contributed by atoms with Crippen molar-refractivity contribution in [1.29, 1.82) is 0 Å². The maximum atomic E-state index is 11.4. The van der Waals surface area contributed by atoms with Crippen molar-refractivity contribution in [3.63, 3.8) is 0 Å². The molecule has 4 nitrogen and oxygen atoms in total. The molecule has 0 atom stereocenters. The van der Waals surface area contributed by atoms with Crippen LogP contribution in [0.4, 0.5) is 0 Å². The van der Waals surface area contributed by atoms with Crippen molar-refractivity contribution in [3.8, 4) is 0 Å². The summed E-state index contributed by atoms with van der Waals surface area (Å²) in [6.45, 7) is 4.52. The van der Waals surface area contributed by atoms with Gasteiger partial charge in [0.15, 0.2) is 0 Å². The van der Waals surface area contributed by atoms with Crippen molar-refractivity contribution < 1.29 is 9.59 Å². The zero-order valence-electron chi connectivity index (χ0n) is 20.4. The fourth-order valence-corrected chi connectivity index (χ4v) is 3.88. The van der Waals surface area contributed by atoms with Crippen LogP contribution in [-0.4, -0.2) is 24.9 Å². The maximum absolute atomic E-state index is 11.4. The van der Waals surface area contributed by atoms with Crippen LogP contribution in [0.2, 0.25) is 0 Å². The molecule has 30 heavy (non-hydrogen) atoms. The molecule has 0 rings (SSSR count). The normalized spacial score (nSPS) is 10.9. The molecular weight excluding hydrogens is 372 g/mol. The summed E-state index contributed by atoms with van der Waals surface area (Å²) in [4.78, 5) is 22.1. The van der Waals surface area contributed by atoms with Crippen molar-refractivity contribution in [2.24, 2.45) is 0 Å². The van der Waals surface area contributed by atoms with Crippen LogP contribution in [0.1, 0.15) is 142 Å². The summed E-state index contributed by atoms with van der Waals surface area (Å²) >= 11 is 0. The highest BCUT2D eigenvalue weighted by atomic mass is 16.2. The number of hydrogen-bond donors (Lipinski definition) is 2. The van der Waals surface area contributed by atoms with Crippen LogP contribution >= 0.6 is 0 Å². The van der Waals surface area contributed by atoms with Gasteiger partial charge in [-0.3, -0.25) is 9.59 Å². The Morgan fingerprint density at radius 3 is 1.17 bits per heavy atom. The Bertz CT molecular complexity index is 385. The minimum absolute atomic E-state index is 0.0918. The molecule has 2 amide bonds. The Labute approximate surface area is 187 Å². The average Bonchev–Trinajstić information content (AvgIpc) is 2.73. The number of rotatable bonds is 23. The van der Waals surface area contributed by atoms with Crippen molar-refractivity contribution in [2.75, 3.05) is 13.1 Å². The minimum Gasteiger partial charge on any atom is -0.355 e. The number of amides is 2. The quantitative estimate of drug-likeness (QED) is 0.172. The topological polar surface area (TPSA) is 58.2 Å². The molecule has 0 aliphatic carbocycles. The van der Waals surface area contributed by atoms with E-state index in [4.69, 9.17) is 0 Å². The zero-order chi connectivity index (χ0) is 22.1. The fraction of sp³-hybridized carbons (Fsp3) is 0.923. The largest absolute Gasteiger partial charge is 0.355 e. The molecule has 2 N–H and O–H groups in total. The number of hydrogen-bond acceptors (Lipinski definition) is 2. The molecule has 0 bridgehead atoms. The van der Waals surface area contributed by atoms with Crippen LogP contribution in [0.3, 0.4) is 0 Å². The number of nitrogens with one attached hydrogen (secondary N) is 2. The molecule has 0 aliphatic rings. The van der Waals surface area contributed by atoms with Crippen LogP contribution in [0.5, 0.6) is 0 Å². The zero-order valence-corrected chi connectivity index (χ0v) is 20.4. The van der Waals surface area contributed by atoms with Crippen LogP contribution < -0.4 is 10.6 Å². The summed E-state index contributed by atoms with van der Waals surface area (Å²) in [6, 6.07) is 0. The van der Waals surface area contributed by atoms with E-state index in [9.17, 15) is 9.59 Å². The molecule has 4 heteroatoms. The summed E-state index contributed by atoms with van der Waals surface area (Å²) < 4.78 is 0. The summed E-state index contributed by atoms with van der Waals surface area (Å²) in [5.41, 5.74) is 0. The molecule has 0 saturated heterocycles. The predicted octanol–water partition coefficient (Wildman–Crippen LogP) is 7.06. The van der Waals surface area contributed by atoms with Crippen LogP contribution in [0.15, 0.2) is 0 Å². The van der Waals surface area contributed by atoms with Crippen molar-refractivity contribution in [3.05, 3.63) is 0 Å². The van der Waals surface area contributed by atoms with E-state index in [-0.39, 0.29) is 18.4 Å². The SMILES string of the molecule is CCCCCCCCCCCCCCCCCCCCCCNC(=O)CNC(C)=O. The first-order valence-corrected chi connectivity index (χ1v) is 13.2. The van der Waals surface area contributed by atoms with Gasteiger partial charge < -0.3 is 10.6 Å². The molecule has 0 radical (unpaired) electrons. The number of unbranched alkanes of at least 4 members (excludes halogenated alkanes) is 19. The summed E-state index contributed by atoms with van der Waals surface area (Å²) in [6.07, 6.45) is 27.6. The Balaban J connectivity index is 3.08. The monoisotopic (exact) mass is 424 g/mol. The van der Waals surface area contributed by atoms with E-state index in [2.05, 4.69) is 17.6 Å². The summed E-state index contributed by atoms with van der Waals surface area (Å²) in [7, 11) is 0. The first-order valence-electron chi connectivity index (χ1n) is 13.2. The van der Waals surface area contributed by atoms with E-state index in [1.54, 1.807) is 0 Å². The summed E-state index contributed by atoms with van der Waals surface area (Å²) in [5.74, 6) is -0.257. The van der Waals surface area contributed by atoms with Crippen molar-refractivity contribution in [2.45, 2.75) is 142 Å². The first-order chi connectivity index (χ1) is 14.7. The third-order valence-corrected chi connectivity index (χ3v) is 5.85.